The van der Waals surface area contributed by atoms with Gasteiger partial charge in [0.2, 0.25) is 0 Å². The zero-order valence-corrected chi connectivity index (χ0v) is 17.2. The number of nitrogens with zero attached hydrogens (tertiary/aromatic N) is 1. The summed E-state index contributed by atoms with van der Waals surface area (Å²) < 4.78 is 44.2. The Morgan fingerprint density at radius 2 is 1.74 bits per heavy atom. The van der Waals surface area contributed by atoms with Crippen LogP contribution in [0.25, 0.3) is 0 Å². The van der Waals surface area contributed by atoms with Gasteiger partial charge in [0.25, 0.3) is 5.91 Å². The molecule has 0 saturated carbocycles. The van der Waals surface area contributed by atoms with E-state index in [4.69, 9.17) is 16.3 Å². The van der Waals surface area contributed by atoms with Crippen LogP contribution in [0.1, 0.15) is 16.7 Å². The summed E-state index contributed by atoms with van der Waals surface area (Å²) in [5, 5.41) is 2.36. The van der Waals surface area contributed by atoms with E-state index in [9.17, 15) is 18.0 Å². The molecule has 0 heterocycles. The molecule has 31 heavy (non-hydrogen) atoms. The normalized spacial score (nSPS) is 11.5. The molecule has 3 rings (SSSR count). The van der Waals surface area contributed by atoms with Crippen molar-refractivity contribution in [3.63, 3.8) is 0 Å². The Labute approximate surface area is 182 Å². The SMILES string of the molecule is Cc1ccc(NC(=O)COc2ccc(C=Nc3ccc(Cl)c(C(F)(F)F)c3)cc2)cc1. The Morgan fingerprint density at radius 1 is 1.06 bits per heavy atom. The lowest BCUT2D eigenvalue weighted by Crippen LogP contribution is -2.20. The van der Waals surface area contributed by atoms with E-state index in [-0.39, 0.29) is 23.2 Å². The van der Waals surface area contributed by atoms with Crippen LogP contribution < -0.4 is 10.1 Å². The number of alkyl halides is 3. The summed E-state index contributed by atoms with van der Waals surface area (Å²) in [6.45, 7) is 1.80. The third-order valence-electron chi connectivity index (χ3n) is 4.20. The van der Waals surface area contributed by atoms with Crippen LogP contribution in [0.4, 0.5) is 24.5 Å². The largest absolute Gasteiger partial charge is 0.484 e. The highest BCUT2D eigenvalue weighted by Crippen LogP contribution is 2.36. The summed E-state index contributed by atoms with van der Waals surface area (Å²) in [4.78, 5) is 16.0. The van der Waals surface area contributed by atoms with Gasteiger partial charge in [0.15, 0.2) is 6.61 Å². The number of halogens is 4. The number of ether oxygens (including phenoxy) is 1. The highest BCUT2D eigenvalue weighted by molar-refractivity contribution is 6.31. The molecule has 0 unspecified atom stereocenters. The molecule has 1 N–H and O–H groups in total. The zero-order valence-electron chi connectivity index (χ0n) is 16.4. The molecule has 0 radical (unpaired) electrons. The average molecular weight is 447 g/mol. The van der Waals surface area contributed by atoms with E-state index >= 15 is 0 Å². The lowest BCUT2D eigenvalue weighted by atomic mass is 10.2. The van der Waals surface area contributed by atoms with Gasteiger partial charge in [-0.3, -0.25) is 9.79 Å². The Bertz CT molecular complexity index is 1080. The van der Waals surface area contributed by atoms with Crippen LogP contribution >= 0.6 is 11.6 Å². The van der Waals surface area contributed by atoms with Crippen molar-refractivity contribution in [2.45, 2.75) is 13.1 Å². The van der Waals surface area contributed by atoms with Crippen molar-refractivity contribution in [2.24, 2.45) is 4.99 Å². The Morgan fingerprint density at radius 3 is 2.39 bits per heavy atom. The molecule has 0 aliphatic rings. The first-order valence-electron chi connectivity index (χ1n) is 9.21. The van der Waals surface area contributed by atoms with Crippen molar-refractivity contribution in [1.29, 1.82) is 0 Å². The van der Waals surface area contributed by atoms with Crippen molar-refractivity contribution in [2.75, 3.05) is 11.9 Å². The number of carbonyl (C=O) groups is 1. The maximum Gasteiger partial charge on any atom is 0.417 e. The Balaban J connectivity index is 1.56. The van der Waals surface area contributed by atoms with E-state index in [1.54, 1.807) is 36.4 Å². The molecule has 0 saturated heterocycles. The van der Waals surface area contributed by atoms with Gasteiger partial charge < -0.3 is 10.1 Å². The minimum Gasteiger partial charge on any atom is -0.484 e. The molecule has 0 spiro atoms. The van der Waals surface area contributed by atoms with Crippen molar-refractivity contribution < 1.29 is 22.7 Å². The van der Waals surface area contributed by atoms with Crippen LogP contribution in [-0.2, 0) is 11.0 Å². The maximum absolute atomic E-state index is 12.9. The number of aryl methyl sites for hydroxylation is 1. The summed E-state index contributed by atoms with van der Waals surface area (Å²) in [7, 11) is 0. The highest BCUT2D eigenvalue weighted by Gasteiger charge is 2.33. The van der Waals surface area contributed by atoms with Gasteiger partial charge in [0, 0.05) is 11.9 Å². The van der Waals surface area contributed by atoms with Crippen LogP contribution in [0.15, 0.2) is 71.7 Å². The number of rotatable bonds is 6. The van der Waals surface area contributed by atoms with Gasteiger partial charge in [-0.05, 0) is 67.1 Å². The van der Waals surface area contributed by atoms with E-state index in [0.29, 0.717) is 17.0 Å². The van der Waals surface area contributed by atoms with Gasteiger partial charge in [-0.25, -0.2) is 0 Å². The molecule has 3 aromatic rings. The molecule has 0 bridgehead atoms. The fraction of sp³-hybridized carbons (Fsp3) is 0.130. The standard InChI is InChI=1S/C23H18ClF3N2O2/c1-15-2-6-17(7-3-15)29-22(30)14-31-19-9-4-16(5-10-19)13-28-18-8-11-21(24)20(12-18)23(25,26)27/h2-13H,14H2,1H3,(H,29,30). The van der Waals surface area contributed by atoms with E-state index in [0.717, 1.165) is 17.7 Å². The van der Waals surface area contributed by atoms with Crippen molar-refractivity contribution >= 4 is 35.1 Å². The van der Waals surface area contributed by atoms with E-state index < -0.39 is 11.7 Å². The summed E-state index contributed by atoms with van der Waals surface area (Å²) >= 11 is 5.60. The third kappa shape index (κ3) is 6.58. The van der Waals surface area contributed by atoms with Gasteiger partial charge >= 0.3 is 6.18 Å². The highest BCUT2D eigenvalue weighted by atomic mass is 35.5. The minimum atomic E-state index is -4.55. The number of amides is 1. The second kappa shape index (κ2) is 9.66. The second-order valence-electron chi connectivity index (χ2n) is 6.69. The summed E-state index contributed by atoms with van der Waals surface area (Å²) in [5.41, 5.74) is 1.62. The monoisotopic (exact) mass is 446 g/mol. The molecule has 8 heteroatoms. The number of nitrogens with one attached hydrogen (secondary N) is 1. The molecule has 0 aromatic heterocycles. The summed E-state index contributed by atoms with van der Waals surface area (Å²) in [6, 6.07) is 17.5. The first-order chi connectivity index (χ1) is 14.7. The molecule has 0 aliphatic heterocycles. The Kier molecular flexibility index (Phi) is 6.97. The van der Waals surface area contributed by atoms with Gasteiger partial charge in [0.05, 0.1) is 16.3 Å². The molecular formula is C23H18ClF3N2O2. The summed E-state index contributed by atoms with van der Waals surface area (Å²) in [5.74, 6) is 0.180. The Hall–Kier alpha value is -3.32. The second-order valence-corrected chi connectivity index (χ2v) is 7.10. The van der Waals surface area contributed by atoms with Crippen molar-refractivity contribution in [1.82, 2.24) is 0 Å². The van der Waals surface area contributed by atoms with Crippen LogP contribution in [0, 0.1) is 6.92 Å². The summed E-state index contributed by atoms with van der Waals surface area (Å²) in [6.07, 6.45) is -3.12. The van der Waals surface area contributed by atoms with Crippen molar-refractivity contribution in [3.8, 4) is 5.75 Å². The maximum atomic E-state index is 12.9. The number of hydrogen-bond acceptors (Lipinski definition) is 3. The van der Waals surface area contributed by atoms with Crippen LogP contribution in [-0.4, -0.2) is 18.7 Å². The molecular weight excluding hydrogens is 429 g/mol. The van der Waals surface area contributed by atoms with E-state index in [1.807, 2.05) is 19.1 Å². The molecule has 1 amide bonds. The van der Waals surface area contributed by atoms with Crippen LogP contribution in [0.3, 0.4) is 0 Å². The zero-order chi connectivity index (χ0) is 22.4. The van der Waals surface area contributed by atoms with Gasteiger partial charge in [-0.2, -0.15) is 13.2 Å². The third-order valence-corrected chi connectivity index (χ3v) is 4.53. The molecule has 0 atom stereocenters. The first kappa shape index (κ1) is 22.4. The molecule has 0 aliphatic carbocycles. The smallest absolute Gasteiger partial charge is 0.417 e. The first-order valence-corrected chi connectivity index (χ1v) is 9.59. The fourth-order valence-corrected chi connectivity index (χ4v) is 2.82. The van der Waals surface area contributed by atoms with E-state index in [1.165, 1.54) is 12.3 Å². The predicted octanol–water partition coefficient (Wildman–Crippen LogP) is 6.44. The van der Waals surface area contributed by atoms with Gasteiger partial charge in [-0.1, -0.05) is 29.3 Å². The molecule has 0 fully saturated rings. The fourth-order valence-electron chi connectivity index (χ4n) is 2.59. The van der Waals surface area contributed by atoms with E-state index in [2.05, 4.69) is 10.3 Å². The predicted molar refractivity (Wildman–Crippen MR) is 115 cm³/mol. The number of anilines is 1. The van der Waals surface area contributed by atoms with Gasteiger partial charge in [0.1, 0.15) is 5.75 Å². The molecule has 160 valence electrons. The minimum absolute atomic E-state index is 0.129. The molecule has 3 aromatic carbocycles. The topological polar surface area (TPSA) is 50.7 Å². The average Bonchev–Trinajstić information content (AvgIpc) is 2.73. The van der Waals surface area contributed by atoms with Crippen LogP contribution in [0.2, 0.25) is 5.02 Å². The number of hydrogen-bond donors (Lipinski definition) is 1. The molecule has 4 nitrogen and oxygen atoms in total. The van der Waals surface area contributed by atoms with Crippen molar-refractivity contribution in [3.05, 3.63) is 88.4 Å². The number of aliphatic imine (C=N–C) groups is 1. The van der Waals surface area contributed by atoms with Gasteiger partial charge in [-0.15, -0.1) is 0 Å². The quantitative estimate of drug-likeness (QED) is 0.443. The van der Waals surface area contributed by atoms with Crippen LogP contribution in [0.5, 0.6) is 5.75 Å². The number of carbonyl (C=O) groups excluding carboxylic acids is 1. The number of benzene rings is 3. The lowest BCUT2D eigenvalue weighted by molar-refractivity contribution is -0.137. The lowest BCUT2D eigenvalue weighted by Gasteiger charge is -2.09.